The largest absolute Gasteiger partial charge is 0.493 e. The molecule has 0 N–H and O–H groups in total. The fourth-order valence-electron chi connectivity index (χ4n) is 1.55. The van der Waals surface area contributed by atoms with E-state index in [-0.39, 0.29) is 5.97 Å². The lowest BCUT2D eigenvalue weighted by Crippen LogP contribution is -2.04. The second-order valence-electron chi connectivity index (χ2n) is 4.81. The molecular formula is C15H22O4. The van der Waals surface area contributed by atoms with Crippen LogP contribution in [-0.2, 0) is 16.1 Å². The van der Waals surface area contributed by atoms with Crippen LogP contribution in [0, 0.1) is 5.92 Å². The number of hydrogen-bond donors (Lipinski definition) is 0. The third-order valence-corrected chi connectivity index (χ3v) is 2.59. The van der Waals surface area contributed by atoms with Gasteiger partial charge in [-0.2, -0.15) is 0 Å². The van der Waals surface area contributed by atoms with E-state index < -0.39 is 0 Å². The van der Waals surface area contributed by atoms with Gasteiger partial charge in [0.15, 0.2) is 11.5 Å². The maximum Gasteiger partial charge on any atom is 0.308 e. The molecular weight excluding hydrogens is 244 g/mol. The fraction of sp³-hybridized carbons (Fsp3) is 0.533. The average molecular weight is 266 g/mol. The third kappa shape index (κ3) is 5.75. The Labute approximate surface area is 114 Å². The predicted molar refractivity (Wildman–Crippen MR) is 73.4 cm³/mol. The zero-order valence-corrected chi connectivity index (χ0v) is 12.1. The van der Waals surface area contributed by atoms with Gasteiger partial charge in [0.2, 0.25) is 0 Å². The Morgan fingerprint density at radius 3 is 2.58 bits per heavy atom. The number of methoxy groups -OCH3 is 1. The Hall–Kier alpha value is -1.55. The first-order chi connectivity index (χ1) is 9.02. The predicted octanol–water partition coefficient (Wildman–Crippen LogP) is 3.18. The second-order valence-corrected chi connectivity index (χ2v) is 4.81. The first-order valence-electron chi connectivity index (χ1n) is 6.46. The zero-order valence-electron chi connectivity index (χ0n) is 12.1. The number of carbonyl (C=O) groups excluding carboxylic acids is 1. The van der Waals surface area contributed by atoms with Crippen molar-refractivity contribution < 1.29 is 19.0 Å². The molecule has 0 aliphatic heterocycles. The van der Waals surface area contributed by atoms with E-state index in [1.54, 1.807) is 13.2 Å². The van der Waals surface area contributed by atoms with E-state index >= 15 is 0 Å². The van der Waals surface area contributed by atoms with E-state index in [2.05, 4.69) is 13.8 Å². The maximum absolute atomic E-state index is 10.9. The third-order valence-electron chi connectivity index (χ3n) is 2.59. The van der Waals surface area contributed by atoms with Gasteiger partial charge in [0.1, 0.15) is 0 Å². The Morgan fingerprint density at radius 2 is 2.00 bits per heavy atom. The van der Waals surface area contributed by atoms with Crippen molar-refractivity contribution in [3.63, 3.8) is 0 Å². The molecule has 0 heterocycles. The van der Waals surface area contributed by atoms with Crippen molar-refractivity contribution in [3.05, 3.63) is 23.8 Å². The van der Waals surface area contributed by atoms with Crippen LogP contribution in [-0.4, -0.2) is 19.7 Å². The first kappa shape index (κ1) is 15.5. The van der Waals surface area contributed by atoms with Crippen LogP contribution >= 0.6 is 0 Å². The molecule has 4 nitrogen and oxygen atoms in total. The lowest BCUT2D eigenvalue weighted by atomic mass is 10.1. The molecule has 1 rings (SSSR count). The maximum atomic E-state index is 10.9. The van der Waals surface area contributed by atoms with E-state index in [0.717, 1.165) is 18.6 Å². The molecule has 106 valence electrons. The molecule has 0 fully saturated rings. The van der Waals surface area contributed by atoms with Crippen molar-refractivity contribution in [1.29, 1.82) is 0 Å². The average Bonchev–Trinajstić information content (AvgIpc) is 2.35. The van der Waals surface area contributed by atoms with Crippen LogP contribution in [0.1, 0.15) is 32.8 Å². The van der Waals surface area contributed by atoms with Crippen molar-refractivity contribution in [2.24, 2.45) is 5.92 Å². The molecule has 0 aliphatic rings. The van der Waals surface area contributed by atoms with Gasteiger partial charge in [-0.05, 0) is 30.0 Å². The number of hydrogen-bond acceptors (Lipinski definition) is 4. The summed E-state index contributed by atoms with van der Waals surface area (Å²) in [6, 6.07) is 5.42. The molecule has 0 aliphatic carbocycles. The second kappa shape index (κ2) is 7.79. The Kier molecular flexibility index (Phi) is 6.36. The van der Waals surface area contributed by atoms with Gasteiger partial charge >= 0.3 is 5.97 Å². The molecule has 1 aromatic rings. The number of carbonyl (C=O) groups is 1. The molecule has 0 radical (unpaired) electrons. The van der Waals surface area contributed by atoms with Crippen molar-refractivity contribution in [3.8, 4) is 11.5 Å². The van der Waals surface area contributed by atoms with Crippen molar-refractivity contribution in [2.45, 2.75) is 33.8 Å². The lowest BCUT2D eigenvalue weighted by molar-refractivity contribution is -0.132. The van der Waals surface area contributed by atoms with Gasteiger partial charge in [-0.1, -0.05) is 19.9 Å². The summed E-state index contributed by atoms with van der Waals surface area (Å²) in [4.78, 5) is 10.9. The van der Waals surface area contributed by atoms with Crippen LogP contribution in [0.25, 0.3) is 0 Å². The zero-order chi connectivity index (χ0) is 14.3. The molecule has 1 aromatic carbocycles. The number of rotatable bonds is 7. The molecule has 0 aromatic heterocycles. The highest BCUT2D eigenvalue weighted by Gasteiger charge is 2.08. The SMILES string of the molecule is COc1cc(COCCC(C)C)ccc1OC(C)=O. The fourth-order valence-corrected chi connectivity index (χ4v) is 1.55. The molecule has 19 heavy (non-hydrogen) atoms. The molecule has 0 amide bonds. The Balaban J connectivity index is 2.58. The van der Waals surface area contributed by atoms with Gasteiger partial charge in [-0.25, -0.2) is 0 Å². The Morgan fingerprint density at radius 1 is 1.26 bits per heavy atom. The first-order valence-corrected chi connectivity index (χ1v) is 6.46. The smallest absolute Gasteiger partial charge is 0.308 e. The summed E-state index contributed by atoms with van der Waals surface area (Å²) in [6.07, 6.45) is 1.04. The van der Waals surface area contributed by atoms with Gasteiger partial charge < -0.3 is 14.2 Å². The highest BCUT2D eigenvalue weighted by Crippen LogP contribution is 2.28. The van der Waals surface area contributed by atoms with Crippen molar-refractivity contribution in [1.82, 2.24) is 0 Å². The van der Waals surface area contributed by atoms with Gasteiger partial charge in [0.25, 0.3) is 0 Å². The monoisotopic (exact) mass is 266 g/mol. The Bertz CT molecular complexity index is 413. The normalized spacial score (nSPS) is 10.6. The van der Waals surface area contributed by atoms with E-state index in [4.69, 9.17) is 14.2 Å². The summed E-state index contributed by atoms with van der Waals surface area (Å²) in [5.41, 5.74) is 0.997. The minimum absolute atomic E-state index is 0.362. The number of benzene rings is 1. The molecule has 0 spiro atoms. The van der Waals surface area contributed by atoms with Gasteiger partial charge in [0, 0.05) is 13.5 Å². The van der Waals surface area contributed by atoms with E-state index in [1.807, 2.05) is 12.1 Å². The minimum Gasteiger partial charge on any atom is -0.493 e. The van der Waals surface area contributed by atoms with Gasteiger partial charge in [-0.3, -0.25) is 4.79 Å². The number of esters is 1. The quantitative estimate of drug-likeness (QED) is 0.432. The highest BCUT2D eigenvalue weighted by molar-refractivity contribution is 5.70. The van der Waals surface area contributed by atoms with Crippen LogP contribution < -0.4 is 9.47 Å². The van der Waals surface area contributed by atoms with Crippen LogP contribution in [0.5, 0.6) is 11.5 Å². The molecule has 0 atom stereocenters. The summed E-state index contributed by atoms with van der Waals surface area (Å²) in [7, 11) is 1.55. The standard InChI is InChI=1S/C15H22O4/c1-11(2)7-8-18-10-13-5-6-14(19-12(3)16)15(9-13)17-4/h5-6,9,11H,7-8,10H2,1-4H3. The van der Waals surface area contributed by atoms with Gasteiger partial charge in [0.05, 0.1) is 13.7 Å². The van der Waals surface area contributed by atoms with Crippen LogP contribution in [0.4, 0.5) is 0 Å². The van der Waals surface area contributed by atoms with Crippen LogP contribution in [0.15, 0.2) is 18.2 Å². The molecule has 0 saturated carbocycles. The topological polar surface area (TPSA) is 44.8 Å². The summed E-state index contributed by atoms with van der Waals surface area (Å²) in [5, 5.41) is 0. The summed E-state index contributed by atoms with van der Waals surface area (Å²) in [5.74, 6) is 1.25. The molecule has 0 bridgehead atoms. The van der Waals surface area contributed by atoms with E-state index in [9.17, 15) is 4.79 Å². The lowest BCUT2D eigenvalue weighted by Gasteiger charge is -2.11. The van der Waals surface area contributed by atoms with E-state index in [0.29, 0.717) is 24.0 Å². The van der Waals surface area contributed by atoms with Crippen molar-refractivity contribution in [2.75, 3.05) is 13.7 Å². The summed E-state index contributed by atoms with van der Waals surface area (Å²) in [6.45, 7) is 6.97. The van der Waals surface area contributed by atoms with Crippen molar-refractivity contribution >= 4 is 5.97 Å². The highest BCUT2D eigenvalue weighted by atomic mass is 16.6. The van der Waals surface area contributed by atoms with Crippen LogP contribution in [0.3, 0.4) is 0 Å². The minimum atomic E-state index is -0.362. The van der Waals surface area contributed by atoms with E-state index in [1.165, 1.54) is 6.92 Å². The summed E-state index contributed by atoms with van der Waals surface area (Å²) < 4.78 is 15.8. The molecule has 0 saturated heterocycles. The molecule has 0 unspecified atom stereocenters. The van der Waals surface area contributed by atoms with Crippen LogP contribution in [0.2, 0.25) is 0 Å². The summed E-state index contributed by atoms with van der Waals surface area (Å²) >= 11 is 0. The molecule has 4 heteroatoms. The van der Waals surface area contributed by atoms with Gasteiger partial charge in [-0.15, -0.1) is 0 Å². The number of ether oxygens (including phenoxy) is 3.